The molecule has 2 N–H and O–H groups in total. The fraction of sp³-hybridized carbons (Fsp3) is 1.00. The Morgan fingerprint density at radius 3 is 2.71 bits per heavy atom. The molecule has 0 bridgehead atoms. The molecule has 0 amide bonds. The molecule has 3 unspecified atom stereocenters. The van der Waals surface area contributed by atoms with Gasteiger partial charge in [0, 0.05) is 11.6 Å². The van der Waals surface area contributed by atoms with E-state index in [0.717, 1.165) is 17.9 Å². The first-order valence-corrected chi connectivity index (χ1v) is 6.05. The molecule has 2 nitrogen and oxygen atoms in total. The van der Waals surface area contributed by atoms with Gasteiger partial charge in [0.1, 0.15) is 0 Å². The average molecular weight is 196 g/mol. The molecule has 14 heavy (non-hydrogen) atoms. The predicted molar refractivity (Wildman–Crippen MR) is 60.4 cm³/mol. The van der Waals surface area contributed by atoms with Gasteiger partial charge in [0.2, 0.25) is 0 Å². The van der Waals surface area contributed by atoms with Crippen LogP contribution in [0.4, 0.5) is 0 Å². The second kappa shape index (κ2) is 3.82. The summed E-state index contributed by atoms with van der Waals surface area (Å²) in [5, 5.41) is 7.29. The van der Waals surface area contributed by atoms with E-state index in [1.807, 2.05) is 0 Å². The van der Waals surface area contributed by atoms with E-state index in [9.17, 15) is 0 Å². The van der Waals surface area contributed by atoms with Crippen LogP contribution in [0.15, 0.2) is 0 Å². The average Bonchev–Trinajstić information content (AvgIpc) is 2.77. The van der Waals surface area contributed by atoms with E-state index < -0.39 is 0 Å². The maximum absolute atomic E-state index is 3.73. The molecule has 2 fully saturated rings. The van der Waals surface area contributed by atoms with Crippen LogP contribution in [-0.4, -0.2) is 24.7 Å². The van der Waals surface area contributed by atoms with Crippen molar-refractivity contribution < 1.29 is 0 Å². The number of hydrogen-bond acceptors (Lipinski definition) is 2. The quantitative estimate of drug-likeness (QED) is 0.719. The van der Waals surface area contributed by atoms with Gasteiger partial charge in [-0.1, -0.05) is 6.92 Å². The van der Waals surface area contributed by atoms with Gasteiger partial charge in [0.05, 0.1) is 0 Å². The zero-order valence-corrected chi connectivity index (χ0v) is 9.77. The summed E-state index contributed by atoms with van der Waals surface area (Å²) in [7, 11) is 0. The van der Waals surface area contributed by atoms with Crippen LogP contribution < -0.4 is 10.6 Å². The molecule has 1 aliphatic carbocycles. The van der Waals surface area contributed by atoms with Crippen molar-refractivity contribution in [1.82, 2.24) is 10.6 Å². The van der Waals surface area contributed by atoms with Gasteiger partial charge in [-0.25, -0.2) is 0 Å². The molecule has 0 aromatic heterocycles. The van der Waals surface area contributed by atoms with Gasteiger partial charge in [-0.3, -0.25) is 0 Å². The van der Waals surface area contributed by atoms with E-state index >= 15 is 0 Å². The third kappa shape index (κ3) is 2.71. The van der Waals surface area contributed by atoms with E-state index in [1.165, 1.54) is 32.4 Å². The number of nitrogens with one attached hydrogen (secondary N) is 2. The fourth-order valence-corrected chi connectivity index (χ4v) is 2.55. The van der Waals surface area contributed by atoms with Gasteiger partial charge >= 0.3 is 0 Å². The molecule has 2 aliphatic rings. The van der Waals surface area contributed by atoms with Crippen LogP contribution in [-0.2, 0) is 0 Å². The molecular formula is C12H24N2. The van der Waals surface area contributed by atoms with Crippen molar-refractivity contribution in [2.24, 2.45) is 11.8 Å². The summed E-state index contributed by atoms with van der Waals surface area (Å²) < 4.78 is 0. The summed E-state index contributed by atoms with van der Waals surface area (Å²) in [4.78, 5) is 0. The Hall–Kier alpha value is -0.0800. The van der Waals surface area contributed by atoms with Crippen LogP contribution in [0.25, 0.3) is 0 Å². The summed E-state index contributed by atoms with van der Waals surface area (Å²) in [5.41, 5.74) is 0.338. The van der Waals surface area contributed by atoms with Crippen LogP contribution in [0.1, 0.15) is 40.0 Å². The Kier molecular flexibility index (Phi) is 2.85. The van der Waals surface area contributed by atoms with E-state index in [1.54, 1.807) is 0 Å². The molecule has 1 saturated heterocycles. The number of rotatable bonds is 3. The van der Waals surface area contributed by atoms with Gasteiger partial charge in [-0.05, 0) is 58.0 Å². The molecular weight excluding hydrogens is 172 g/mol. The van der Waals surface area contributed by atoms with Gasteiger partial charge in [0.25, 0.3) is 0 Å². The lowest BCUT2D eigenvalue weighted by Gasteiger charge is -2.37. The molecule has 1 saturated carbocycles. The van der Waals surface area contributed by atoms with Crippen LogP contribution in [0.3, 0.4) is 0 Å². The molecule has 0 aromatic rings. The maximum atomic E-state index is 3.73. The van der Waals surface area contributed by atoms with Crippen molar-refractivity contribution in [1.29, 1.82) is 0 Å². The largest absolute Gasteiger partial charge is 0.314 e. The van der Waals surface area contributed by atoms with Gasteiger partial charge in [0.15, 0.2) is 0 Å². The topological polar surface area (TPSA) is 24.1 Å². The molecule has 1 aliphatic heterocycles. The molecule has 0 radical (unpaired) electrons. The van der Waals surface area contributed by atoms with E-state index in [4.69, 9.17) is 0 Å². The Labute approximate surface area is 87.8 Å². The minimum atomic E-state index is 0.338. The highest BCUT2D eigenvalue weighted by molar-refractivity contribution is 4.91. The minimum Gasteiger partial charge on any atom is -0.314 e. The van der Waals surface area contributed by atoms with Gasteiger partial charge < -0.3 is 10.6 Å². The summed E-state index contributed by atoms with van der Waals surface area (Å²) >= 11 is 0. The highest BCUT2D eigenvalue weighted by atomic mass is 15.0. The highest BCUT2D eigenvalue weighted by Gasteiger charge is 2.33. The van der Waals surface area contributed by atoms with Gasteiger partial charge in [-0.2, -0.15) is 0 Å². The molecule has 82 valence electrons. The van der Waals surface area contributed by atoms with Crippen LogP contribution >= 0.6 is 0 Å². The molecule has 2 rings (SSSR count). The van der Waals surface area contributed by atoms with Crippen molar-refractivity contribution >= 4 is 0 Å². The molecule has 1 heterocycles. The first kappa shape index (κ1) is 10.4. The van der Waals surface area contributed by atoms with Crippen molar-refractivity contribution in [2.45, 2.75) is 51.6 Å². The Bertz CT molecular complexity index is 200. The normalized spacial score (nSPS) is 40.9. The summed E-state index contributed by atoms with van der Waals surface area (Å²) in [6.45, 7) is 9.40. The summed E-state index contributed by atoms with van der Waals surface area (Å²) in [6.07, 6.45) is 4.01. The number of hydrogen-bond donors (Lipinski definition) is 2. The Morgan fingerprint density at radius 1 is 1.43 bits per heavy atom. The lowest BCUT2D eigenvalue weighted by atomic mass is 9.89. The molecule has 2 heteroatoms. The van der Waals surface area contributed by atoms with E-state index in [0.29, 0.717) is 5.54 Å². The molecule has 0 aromatic carbocycles. The van der Waals surface area contributed by atoms with Crippen LogP contribution in [0.5, 0.6) is 0 Å². The van der Waals surface area contributed by atoms with E-state index in [-0.39, 0.29) is 0 Å². The maximum Gasteiger partial charge on any atom is 0.0139 e. The zero-order valence-electron chi connectivity index (χ0n) is 9.77. The standard InChI is InChI=1S/C12H24N2/c1-9-6-10(9)8-13-11-4-5-14-12(2,3)7-11/h9-11,13-14H,4-8H2,1-3H3. The fourth-order valence-electron chi connectivity index (χ4n) is 2.55. The predicted octanol–water partition coefficient (Wildman–Crippen LogP) is 1.76. The van der Waals surface area contributed by atoms with Crippen molar-refractivity contribution in [2.75, 3.05) is 13.1 Å². The lowest BCUT2D eigenvalue weighted by Crippen LogP contribution is -2.52. The lowest BCUT2D eigenvalue weighted by molar-refractivity contribution is 0.246. The third-order valence-corrected chi connectivity index (χ3v) is 3.80. The Balaban J connectivity index is 1.70. The highest BCUT2D eigenvalue weighted by Crippen LogP contribution is 2.37. The number of piperidine rings is 1. The van der Waals surface area contributed by atoms with E-state index in [2.05, 4.69) is 31.4 Å². The first-order chi connectivity index (χ1) is 6.57. The van der Waals surface area contributed by atoms with Crippen molar-refractivity contribution in [3.05, 3.63) is 0 Å². The summed E-state index contributed by atoms with van der Waals surface area (Å²) in [5.74, 6) is 1.96. The second-order valence-corrected chi connectivity index (χ2v) is 5.88. The van der Waals surface area contributed by atoms with Crippen LogP contribution in [0, 0.1) is 11.8 Å². The Morgan fingerprint density at radius 2 is 2.14 bits per heavy atom. The summed E-state index contributed by atoms with van der Waals surface area (Å²) in [6, 6.07) is 0.749. The molecule has 3 atom stereocenters. The first-order valence-electron chi connectivity index (χ1n) is 6.05. The van der Waals surface area contributed by atoms with Crippen molar-refractivity contribution in [3.63, 3.8) is 0 Å². The third-order valence-electron chi connectivity index (χ3n) is 3.80. The SMILES string of the molecule is CC1CC1CNC1CCNC(C)(C)C1. The smallest absolute Gasteiger partial charge is 0.0139 e. The molecule has 0 spiro atoms. The minimum absolute atomic E-state index is 0.338. The van der Waals surface area contributed by atoms with Gasteiger partial charge in [-0.15, -0.1) is 0 Å². The second-order valence-electron chi connectivity index (χ2n) is 5.88. The monoisotopic (exact) mass is 196 g/mol. The van der Waals surface area contributed by atoms with Crippen LogP contribution in [0.2, 0.25) is 0 Å². The zero-order chi connectivity index (χ0) is 10.2. The van der Waals surface area contributed by atoms with Crippen molar-refractivity contribution in [3.8, 4) is 0 Å².